The molecule has 108 valence electrons. The third kappa shape index (κ3) is 2.53. The molecule has 0 unspecified atom stereocenters. The molecule has 3 heterocycles. The number of aromatic nitrogens is 5. The highest BCUT2D eigenvalue weighted by atomic mass is 32.1. The van der Waals surface area contributed by atoms with Gasteiger partial charge in [-0.25, -0.2) is 4.98 Å². The molecule has 1 saturated heterocycles. The first kappa shape index (κ1) is 13.4. The Hall–Kier alpha value is -1.54. The first-order valence-electron chi connectivity index (χ1n) is 6.69. The second-order valence-corrected chi connectivity index (χ2v) is 5.93. The van der Waals surface area contributed by atoms with E-state index in [0.29, 0.717) is 12.5 Å². The van der Waals surface area contributed by atoms with E-state index in [1.165, 1.54) is 11.5 Å². The van der Waals surface area contributed by atoms with Gasteiger partial charge < -0.3 is 14.2 Å². The van der Waals surface area contributed by atoms with Crippen LogP contribution < -0.4 is 4.90 Å². The van der Waals surface area contributed by atoms with E-state index < -0.39 is 0 Å². The van der Waals surface area contributed by atoms with E-state index in [-0.39, 0.29) is 6.10 Å². The first-order chi connectivity index (χ1) is 9.65. The van der Waals surface area contributed by atoms with Gasteiger partial charge in [-0.15, -0.1) is 10.2 Å². The molecule has 0 bridgehead atoms. The summed E-state index contributed by atoms with van der Waals surface area (Å²) in [6, 6.07) is 0. The molecule has 2 aromatic rings. The van der Waals surface area contributed by atoms with Crippen LogP contribution in [0.2, 0.25) is 0 Å². The maximum Gasteiger partial charge on any atom is 0.205 e. The van der Waals surface area contributed by atoms with Crippen molar-refractivity contribution in [3.63, 3.8) is 0 Å². The number of morpholine rings is 1. The molecule has 1 aliphatic rings. The molecule has 20 heavy (non-hydrogen) atoms. The molecule has 8 heteroatoms. The van der Waals surface area contributed by atoms with Crippen LogP contribution in [-0.4, -0.2) is 43.8 Å². The average molecular weight is 294 g/mol. The van der Waals surface area contributed by atoms with E-state index in [0.717, 1.165) is 29.9 Å². The molecule has 1 fully saturated rings. The van der Waals surface area contributed by atoms with Gasteiger partial charge in [0.25, 0.3) is 0 Å². The van der Waals surface area contributed by atoms with Gasteiger partial charge >= 0.3 is 0 Å². The molecule has 2 aromatic heterocycles. The van der Waals surface area contributed by atoms with Gasteiger partial charge in [0, 0.05) is 31.0 Å². The number of hydrogen-bond acceptors (Lipinski definition) is 7. The number of ether oxygens (including phenoxy) is 1. The van der Waals surface area contributed by atoms with Gasteiger partial charge in [0.15, 0.2) is 5.82 Å². The fourth-order valence-corrected chi connectivity index (χ4v) is 2.99. The number of hydrogen-bond donors (Lipinski definition) is 0. The van der Waals surface area contributed by atoms with Crippen molar-refractivity contribution in [2.75, 3.05) is 24.6 Å². The van der Waals surface area contributed by atoms with E-state index in [9.17, 15) is 0 Å². The second-order valence-electron chi connectivity index (χ2n) is 5.20. The fraction of sp³-hybridized carbons (Fsp3) is 0.667. The van der Waals surface area contributed by atoms with Crippen molar-refractivity contribution in [1.29, 1.82) is 0 Å². The van der Waals surface area contributed by atoms with E-state index in [1.54, 1.807) is 6.33 Å². The maximum absolute atomic E-state index is 5.80. The van der Waals surface area contributed by atoms with Gasteiger partial charge in [0.05, 0.1) is 13.2 Å². The van der Waals surface area contributed by atoms with E-state index in [2.05, 4.69) is 38.3 Å². The zero-order chi connectivity index (χ0) is 14.1. The molecule has 7 nitrogen and oxygen atoms in total. The topological polar surface area (TPSA) is 69.0 Å². The summed E-state index contributed by atoms with van der Waals surface area (Å²) in [5.41, 5.74) is 0. The predicted octanol–water partition coefficient (Wildman–Crippen LogP) is 1.37. The lowest BCUT2D eigenvalue weighted by Gasteiger charge is -2.31. The minimum absolute atomic E-state index is 0.0670. The van der Waals surface area contributed by atoms with Crippen LogP contribution in [0.25, 0.3) is 0 Å². The summed E-state index contributed by atoms with van der Waals surface area (Å²) in [6.07, 6.45) is 1.63. The minimum Gasteiger partial charge on any atom is -0.366 e. The highest BCUT2D eigenvalue weighted by molar-refractivity contribution is 7.09. The highest BCUT2D eigenvalue weighted by Crippen LogP contribution is 2.27. The number of aryl methyl sites for hydroxylation is 1. The first-order valence-corrected chi connectivity index (χ1v) is 7.46. The van der Waals surface area contributed by atoms with Gasteiger partial charge in [-0.05, 0) is 0 Å². The summed E-state index contributed by atoms with van der Waals surface area (Å²) in [5, 5.41) is 9.00. The molecule has 0 spiro atoms. The molecule has 0 amide bonds. The van der Waals surface area contributed by atoms with E-state index in [1.807, 2.05) is 11.6 Å². The molecule has 0 N–H and O–H groups in total. The number of rotatable bonds is 3. The quantitative estimate of drug-likeness (QED) is 0.851. The molecule has 0 aromatic carbocycles. The summed E-state index contributed by atoms with van der Waals surface area (Å²) < 4.78 is 12.1. The molecule has 1 aliphatic heterocycles. The Morgan fingerprint density at radius 2 is 2.30 bits per heavy atom. The average Bonchev–Trinajstić information content (AvgIpc) is 3.07. The molecule has 0 saturated carbocycles. The second kappa shape index (κ2) is 5.45. The van der Waals surface area contributed by atoms with Gasteiger partial charge in [0.2, 0.25) is 5.13 Å². The normalized spacial score (nSPS) is 19.8. The summed E-state index contributed by atoms with van der Waals surface area (Å²) in [7, 11) is 1.93. The maximum atomic E-state index is 5.80. The largest absolute Gasteiger partial charge is 0.366 e. The Kier molecular flexibility index (Phi) is 3.66. The summed E-state index contributed by atoms with van der Waals surface area (Å²) in [5.74, 6) is 2.12. The van der Waals surface area contributed by atoms with Crippen molar-refractivity contribution in [1.82, 2.24) is 24.1 Å². The van der Waals surface area contributed by atoms with E-state index in [4.69, 9.17) is 4.74 Å². The summed E-state index contributed by atoms with van der Waals surface area (Å²) in [4.78, 5) is 6.82. The Morgan fingerprint density at radius 3 is 2.95 bits per heavy atom. The van der Waals surface area contributed by atoms with Crippen molar-refractivity contribution in [3.05, 3.63) is 18.0 Å². The molecular weight excluding hydrogens is 276 g/mol. The lowest BCUT2D eigenvalue weighted by molar-refractivity contribution is 0.0321. The van der Waals surface area contributed by atoms with Crippen LogP contribution in [0.5, 0.6) is 0 Å². The van der Waals surface area contributed by atoms with Crippen LogP contribution in [-0.2, 0) is 11.8 Å². The van der Waals surface area contributed by atoms with Crippen LogP contribution in [0.4, 0.5) is 5.13 Å². The van der Waals surface area contributed by atoms with E-state index >= 15 is 0 Å². The lowest BCUT2D eigenvalue weighted by Crippen LogP contribution is -2.39. The summed E-state index contributed by atoms with van der Waals surface area (Å²) >= 11 is 1.45. The standard InChI is InChI=1S/C12H18N6OS/c1-8(2)10-14-12(20-16-10)18-4-5-19-9(6-18)11-15-13-7-17(11)3/h7-9H,4-6H2,1-3H3/t9-/m0/s1. The van der Waals surface area contributed by atoms with Crippen LogP contribution in [0, 0.1) is 0 Å². The van der Waals surface area contributed by atoms with Gasteiger partial charge in [-0.1, -0.05) is 13.8 Å². The van der Waals surface area contributed by atoms with Crippen molar-refractivity contribution in [2.24, 2.45) is 7.05 Å². The minimum atomic E-state index is -0.0670. The molecular formula is C12H18N6OS. The monoisotopic (exact) mass is 294 g/mol. The van der Waals surface area contributed by atoms with Crippen LogP contribution >= 0.6 is 11.5 Å². The fourth-order valence-electron chi connectivity index (χ4n) is 2.15. The molecule has 1 atom stereocenters. The highest BCUT2D eigenvalue weighted by Gasteiger charge is 2.27. The lowest BCUT2D eigenvalue weighted by atomic mass is 10.2. The van der Waals surface area contributed by atoms with Crippen molar-refractivity contribution >= 4 is 16.7 Å². The third-order valence-electron chi connectivity index (χ3n) is 3.32. The van der Waals surface area contributed by atoms with Crippen LogP contribution in [0.15, 0.2) is 6.33 Å². The SMILES string of the molecule is CC(C)c1nsc(N2CCO[C@H](c3nncn3C)C2)n1. The van der Waals surface area contributed by atoms with Gasteiger partial charge in [-0.3, -0.25) is 0 Å². The molecule has 0 aliphatic carbocycles. The Bertz CT molecular complexity index is 580. The van der Waals surface area contributed by atoms with Gasteiger partial charge in [-0.2, -0.15) is 4.37 Å². The van der Waals surface area contributed by atoms with Crippen molar-refractivity contribution < 1.29 is 4.74 Å². The number of nitrogens with zero attached hydrogens (tertiary/aromatic N) is 6. The zero-order valence-corrected chi connectivity index (χ0v) is 12.7. The molecule has 3 rings (SSSR count). The van der Waals surface area contributed by atoms with Gasteiger partial charge in [0.1, 0.15) is 18.3 Å². The van der Waals surface area contributed by atoms with Crippen LogP contribution in [0.3, 0.4) is 0 Å². The Morgan fingerprint density at radius 1 is 1.45 bits per heavy atom. The molecule has 0 radical (unpaired) electrons. The van der Waals surface area contributed by atoms with Crippen molar-refractivity contribution in [3.8, 4) is 0 Å². The van der Waals surface area contributed by atoms with Crippen molar-refractivity contribution in [2.45, 2.75) is 25.9 Å². The van der Waals surface area contributed by atoms with Crippen LogP contribution in [0.1, 0.15) is 37.5 Å². The Labute approximate surface area is 121 Å². The Balaban J connectivity index is 1.76. The zero-order valence-electron chi connectivity index (χ0n) is 11.9. The number of anilines is 1. The predicted molar refractivity (Wildman–Crippen MR) is 75.9 cm³/mol. The third-order valence-corrected chi connectivity index (χ3v) is 4.11. The smallest absolute Gasteiger partial charge is 0.205 e. The summed E-state index contributed by atoms with van der Waals surface area (Å²) in [6.45, 7) is 6.44.